The molecular weight excluding hydrogens is 378 g/mol. The average Bonchev–Trinajstić information content (AvgIpc) is 2.62. The maximum absolute atomic E-state index is 12.4. The first-order chi connectivity index (χ1) is 12.8. The topological polar surface area (TPSA) is 52.7 Å². The number of likely N-dealkylation sites (N-methyl/N-ethyl adjacent to an activating group) is 1. The molecule has 0 radical (unpaired) electrons. The van der Waals surface area contributed by atoms with Gasteiger partial charge < -0.3 is 15.1 Å². The Kier molecular flexibility index (Phi) is 8.10. The van der Waals surface area contributed by atoms with Crippen LogP contribution in [0.15, 0.2) is 18.2 Å². The minimum atomic E-state index is -0.194. The number of nitrogens with zero attached hydrogens (tertiary/aromatic N) is 2. The van der Waals surface area contributed by atoms with Crippen molar-refractivity contribution < 1.29 is 9.59 Å². The van der Waals surface area contributed by atoms with E-state index in [0.717, 1.165) is 40.6 Å². The number of hydrogen-bond acceptors (Lipinski definition) is 4. The number of amides is 2. The summed E-state index contributed by atoms with van der Waals surface area (Å²) in [6.07, 6.45) is 2.38. The molecule has 0 saturated carbocycles. The first-order valence-corrected chi connectivity index (χ1v) is 10.7. The first kappa shape index (κ1) is 21.7. The van der Waals surface area contributed by atoms with Crippen LogP contribution in [0.25, 0.3) is 0 Å². The lowest BCUT2D eigenvalue weighted by atomic mass is 10.0. The van der Waals surface area contributed by atoms with Crippen LogP contribution in [0.3, 0.4) is 0 Å². The van der Waals surface area contributed by atoms with Crippen LogP contribution >= 0.6 is 24.0 Å². The van der Waals surface area contributed by atoms with Crippen molar-refractivity contribution >= 4 is 45.8 Å². The van der Waals surface area contributed by atoms with Gasteiger partial charge in [-0.1, -0.05) is 49.1 Å². The van der Waals surface area contributed by atoms with E-state index in [4.69, 9.17) is 12.2 Å². The molecule has 0 aliphatic carbocycles. The van der Waals surface area contributed by atoms with E-state index in [1.165, 1.54) is 23.1 Å². The molecule has 1 aliphatic heterocycles. The molecule has 0 aromatic heterocycles. The molecule has 0 unspecified atom stereocenters. The summed E-state index contributed by atoms with van der Waals surface area (Å²) in [4.78, 5) is 28.3. The fourth-order valence-corrected chi connectivity index (χ4v) is 4.33. The molecule has 2 amide bonds. The van der Waals surface area contributed by atoms with E-state index in [1.807, 2.05) is 32.0 Å². The zero-order chi connectivity index (χ0) is 20.0. The molecule has 0 spiro atoms. The minimum Gasteiger partial charge on any atom is -0.357 e. The van der Waals surface area contributed by atoms with Gasteiger partial charge in [0.05, 0.1) is 12.3 Å². The molecule has 1 atom stereocenters. The van der Waals surface area contributed by atoms with Crippen molar-refractivity contribution in [1.29, 1.82) is 0 Å². The van der Waals surface area contributed by atoms with Crippen LogP contribution in [-0.4, -0.2) is 58.4 Å². The van der Waals surface area contributed by atoms with Crippen molar-refractivity contribution in [3.8, 4) is 0 Å². The monoisotopic (exact) mass is 407 g/mol. The number of carbonyl (C=O) groups excluding carboxylic acids is 2. The highest BCUT2D eigenvalue weighted by atomic mass is 32.2. The van der Waals surface area contributed by atoms with Gasteiger partial charge in [0.25, 0.3) is 0 Å². The third-order valence-electron chi connectivity index (χ3n) is 4.79. The van der Waals surface area contributed by atoms with E-state index in [0.29, 0.717) is 5.92 Å². The molecule has 1 aromatic rings. The van der Waals surface area contributed by atoms with E-state index >= 15 is 0 Å². The van der Waals surface area contributed by atoms with Gasteiger partial charge in [-0.25, -0.2) is 0 Å². The van der Waals surface area contributed by atoms with E-state index < -0.39 is 0 Å². The second-order valence-electron chi connectivity index (χ2n) is 7.31. The predicted octanol–water partition coefficient (Wildman–Crippen LogP) is 3.45. The highest BCUT2D eigenvalue weighted by Crippen LogP contribution is 2.21. The molecule has 1 heterocycles. The van der Waals surface area contributed by atoms with Gasteiger partial charge in [-0.3, -0.25) is 9.59 Å². The van der Waals surface area contributed by atoms with E-state index in [9.17, 15) is 9.59 Å². The predicted molar refractivity (Wildman–Crippen MR) is 117 cm³/mol. The van der Waals surface area contributed by atoms with Crippen LogP contribution in [-0.2, 0) is 9.59 Å². The van der Waals surface area contributed by atoms with Crippen molar-refractivity contribution in [2.75, 3.05) is 37.8 Å². The SMILES string of the molecule is Cc1cccc(C)c1NC(=O)CN(C)C(=O)CSC(=S)N1CCC[C@@H](C)C1. The summed E-state index contributed by atoms with van der Waals surface area (Å²) in [5.41, 5.74) is 2.83. The molecule has 1 N–H and O–H groups in total. The minimum absolute atomic E-state index is 0.0285. The number of para-hydroxylation sites is 1. The summed E-state index contributed by atoms with van der Waals surface area (Å²) in [6, 6.07) is 5.87. The van der Waals surface area contributed by atoms with Crippen molar-refractivity contribution in [2.24, 2.45) is 5.92 Å². The molecule has 1 fully saturated rings. The summed E-state index contributed by atoms with van der Waals surface area (Å²) in [5.74, 6) is 0.616. The number of benzene rings is 1. The summed E-state index contributed by atoms with van der Waals surface area (Å²) in [5, 5.41) is 2.91. The number of carbonyl (C=O) groups is 2. The fraction of sp³-hybridized carbons (Fsp3) is 0.550. The van der Waals surface area contributed by atoms with Gasteiger partial charge in [0.2, 0.25) is 11.8 Å². The normalized spacial score (nSPS) is 16.7. The zero-order valence-corrected chi connectivity index (χ0v) is 18.2. The van der Waals surface area contributed by atoms with Gasteiger partial charge >= 0.3 is 0 Å². The van der Waals surface area contributed by atoms with Crippen LogP contribution in [0, 0.1) is 19.8 Å². The lowest BCUT2D eigenvalue weighted by Crippen LogP contribution is -2.39. The van der Waals surface area contributed by atoms with E-state index in [2.05, 4.69) is 17.1 Å². The summed E-state index contributed by atoms with van der Waals surface area (Å²) < 4.78 is 0.781. The van der Waals surface area contributed by atoms with Crippen LogP contribution in [0.1, 0.15) is 30.9 Å². The number of thiocarbonyl (C=S) groups is 1. The van der Waals surface area contributed by atoms with Gasteiger partial charge in [0.15, 0.2) is 0 Å². The van der Waals surface area contributed by atoms with Gasteiger partial charge in [-0.05, 0) is 43.7 Å². The van der Waals surface area contributed by atoms with Crippen molar-refractivity contribution in [1.82, 2.24) is 9.80 Å². The Morgan fingerprint density at radius 2 is 2.00 bits per heavy atom. The van der Waals surface area contributed by atoms with Gasteiger partial charge in [-0.15, -0.1) is 0 Å². The molecule has 0 bridgehead atoms. The lowest BCUT2D eigenvalue weighted by molar-refractivity contribution is -0.131. The number of thioether (sulfide) groups is 1. The average molecular weight is 408 g/mol. The van der Waals surface area contributed by atoms with Crippen molar-refractivity contribution in [3.63, 3.8) is 0 Å². The maximum Gasteiger partial charge on any atom is 0.243 e. The molecule has 27 heavy (non-hydrogen) atoms. The number of likely N-dealkylation sites (tertiary alicyclic amines) is 1. The Labute approximate surface area is 171 Å². The Bertz CT molecular complexity index is 688. The quantitative estimate of drug-likeness (QED) is 0.758. The fourth-order valence-electron chi connectivity index (χ4n) is 3.17. The molecular formula is C20H29N3O2S2. The molecule has 1 aliphatic rings. The van der Waals surface area contributed by atoms with Gasteiger partial charge in [0, 0.05) is 25.8 Å². The maximum atomic E-state index is 12.4. The Balaban J connectivity index is 1.79. The number of aryl methyl sites for hydroxylation is 2. The van der Waals surface area contributed by atoms with Crippen LogP contribution in [0.2, 0.25) is 0 Å². The smallest absolute Gasteiger partial charge is 0.243 e. The van der Waals surface area contributed by atoms with Gasteiger partial charge in [0.1, 0.15) is 4.32 Å². The zero-order valence-electron chi connectivity index (χ0n) is 16.6. The lowest BCUT2D eigenvalue weighted by Gasteiger charge is -2.32. The molecule has 5 nitrogen and oxygen atoms in total. The molecule has 2 rings (SSSR count). The third-order valence-corrected chi connectivity index (χ3v) is 6.29. The van der Waals surface area contributed by atoms with Crippen LogP contribution in [0.5, 0.6) is 0 Å². The molecule has 1 saturated heterocycles. The second-order valence-corrected chi connectivity index (χ2v) is 8.92. The number of hydrogen-bond donors (Lipinski definition) is 1. The van der Waals surface area contributed by atoms with Gasteiger partial charge in [-0.2, -0.15) is 0 Å². The van der Waals surface area contributed by atoms with Crippen LogP contribution in [0.4, 0.5) is 5.69 Å². The van der Waals surface area contributed by atoms with Crippen LogP contribution < -0.4 is 5.32 Å². The summed E-state index contributed by atoms with van der Waals surface area (Å²) in [6.45, 7) is 8.10. The largest absolute Gasteiger partial charge is 0.357 e. The van der Waals surface area contributed by atoms with Crippen molar-refractivity contribution in [3.05, 3.63) is 29.3 Å². The standard InChI is InChI=1S/C20H29N3O2S2/c1-14-7-6-10-23(11-14)20(26)27-13-18(25)22(4)12-17(24)21-19-15(2)8-5-9-16(19)3/h5,8-9,14H,6-7,10-13H2,1-4H3,(H,21,24)/t14-/m1/s1. The van der Waals surface area contributed by atoms with Crippen molar-refractivity contribution in [2.45, 2.75) is 33.6 Å². The molecule has 7 heteroatoms. The Hall–Kier alpha value is -1.60. The molecule has 148 valence electrons. The first-order valence-electron chi connectivity index (χ1n) is 9.29. The number of piperidine rings is 1. The summed E-state index contributed by atoms with van der Waals surface area (Å²) >= 11 is 6.87. The summed E-state index contributed by atoms with van der Waals surface area (Å²) in [7, 11) is 1.65. The van der Waals surface area contributed by atoms with E-state index in [-0.39, 0.29) is 24.1 Å². The van der Waals surface area contributed by atoms with E-state index in [1.54, 1.807) is 7.05 Å². The second kappa shape index (κ2) is 10.1. The molecule has 1 aromatic carbocycles. The Morgan fingerprint density at radius 3 is 2.63 bits per heavy atom. The third kappa shape index (κ3) is 6.50. The number of anilines is 1. The Morgan fingerprint density at radius 1 is 1.33 bits per heavy atom. The highest BCUT2D eigenvalue weighted by Gasteiger charge is 2.20. The highest BCUT2D eigenvalue weighted by molar-refractivity contribution is 8.23. The number of rotatable bonds is 5. The number of nitrogens with one attached hydrogen (secondary N) is 1.